The van der Waals surface area contributed by atoms with Gasteiger partial charge >= 0.3 is 0 Å². The number of phenols is 2. The number of nitrogens with zero attached hydrogens (tertiary/aromatic N) is 2. The van der Waals surface area contributed by atoms with Crippen molar-refractivity contribution in [2.24, 2.45) is 9.98 Å². The van der Waals surface area contributed by atoms with Gasteiger partial charge in [-0.15, -0.1) is 0 Å². The molecule has 0 amide bonds. The largest absolute Gasteiger partial charge is 0.507 e. The second-order valence-electron chi connectivity index (χ2n) is 5.19. The molecule has 0 aliphatic carbocycles. The smallest absolute Gasteiger partial charge is 0.124 e. The van der Waals surface area contributed by atoms with Crippen LogP contribution >= 0.6 is 0 Å². The van der Waals surface area contributed by atoms with E-state index >= 15 is 0 Å². The number of para-hydroxylation sites is 2. The van der Waals surface area contributed by atoms with E-state index in [2.05, 4.69) is 37.7 Å². The Kier molecular flexibility index (Phi) is 33.2. The van der Waals surface area contributed by atoms with Crippen LogP contribution in [0.15, 0.2) is 58.5 Å². The average molecular weight is 515 g/mol. The van der Waals surface area contributed by atoms with Gasteiger partial charge in [0.2, 0.25) is 0 Å². The summed E-state index contributed by atoms with van der Waals surface area (Å²) in [4.78, 5) is 8.27. The Bertz CT molecular complexity index is 606. The summed E-state index contributed by atoms with van der Waals surface area (Å²) in [5, 5.41) is 18.6. The van der Waals surface area contributed by atoms with Crippen LogP contribution in [0.5, 0.6) is 11.5 Å². The van der Waals surface area contributed by atoms with Gasteiger partial charge in [0.25, 0.3) is 0 Å². The average Bonchev–Trinajstić information content (AvgIpc) is 2.75. The standard InChI is InChI=1S/2C10H13NO.2C2H5.2Zn/c2*1-2-7-11-8-9-5-3-4-6-10(9)12;2*1-2;;/h2*3-6,8,12H,2,7H2,1H3;2*1H2,2H3;;/q;;2*-1;;. The Balaban J connectivity index is -0.000000183. The second kappa shape index (κ2) is 27.6. The molecule has 2 rings (SSSR count). The van der Waals surface area contributed by atoms with Gasteiger partial charge in [-0.25, -0.2) is 0 Å². The summed E-state index contributed by atoms with van der Waals surface area (Å²) in [6.07, 6.45) is 5.48. The summed E-state index contributed by atoms with van der Waals surface area (Å²) < 4.78 is 0. The fraction of sp³-hybridized carbons (Fsp3) is 0.333. The Hall–Kier alpha value is -1.37. The van der Waals surface area contributed by atoms with Gasteiger partial charge in [0.05, 0.1) is 0 Å². The third kappa shape index (κ3) is 18.6. The van der Waals surface area contributed by atoms with Crippen molar-refractivity contribution in [3.63, 3.8) is 0 Å². The van der Waals surface area contributed by atoms with Gasteiger partial charge in [-0.3, -0.25) is 9.98 Å². The SMILES string of the molecule is CCCN=Cc1ccccc1O.CCCN=Cc1ccccc1O.[CH2-]C.[CH2-]C.[Zn].[Zn]. The molecule has 2 aromatic rings. The minimum atomic E-state index is 0. The molecule has 6 heteroatoms. The van der Waals surface area contributed by atoms with E-state index in [1.165, 1.54) is 0 Å². The van der Waals surface area contributed by atoms with E-state index in [9.17, 15) is 10.2 Å². The quantitative estimate of drug-likeness (QED) is 0.277. The van der Waals surface area contributed by atoms with Crippen LogP contribution in [0.2, 0.25) is 0 Å². The van der Waals surface area contributed by atoms with E-state index < -0.39 is 0 Å². The zero-order valence-electron chi connectivity index (χ0n) is 19.2. The molecule has 0 atom stereocenters. The predicted octanol–water partition coefficient (Wildman–Crippen LogP) is 6.12. The maximum Gasteiger partial charge on any atom is 0.124 e. The summed E-state index contributed by atoms with van der Waals surface area (Å²) in [7, 11) is 0. The van der Waals surface area contributed by atoms with E-state index in [1.807, 2.05) is 24.3 Å². The molecule has 2 aromatic carbocycles. The van der Waals surface area contributed by atoms with Crippen molar-refractivity contribution in [1.29, 1.82) is 0 Å². The molecular weight excluding hydrogens is 479 g/mol. The fourth-order valence-corrected chi connectivity index (χ4v) is 1.78. The van der Waals surface area contributed by atoms with E-state index in [0.29, 0.717) is 0 Å². The third-order valence-corrected chi connectivity index (χ3v) is 3.04. The predicted molar refractivity (Wildman–Crippen MR) is 124 cm³/mol. The number of aliphatic imine (C=N–C) groups is 2. The normalized spacial score (nSPS) is 9.00. The van der Waals surface area contributed by atoms with Crippen molar-refractivity contribution in [3.8, 4) is 11.5 Å². The molecule has 2 N–H and O–H groups in total. The van der Waals surface area contributed by atoms with Crippen LogP contribution in [-0.2, 0) is 39.0 Å². The summed E-state index contributed by atoms with van der Waals surface area (Å²) in [6, 6.07) is 14.4. The molecule has 0 aromatic heterocycles. The molecule has 0 fully saturated rings. The van der Waals surface area contributed by atoms with Gasteiger partial charge in [0, 0.05) is 75.6 Å². The summed E-state index contributed by atoms with van der Waals surface area (Å²) in [5.74, 6) is 0.578. The van der Waals surface area contributed by atoms with Crippen LogP contribution in [0.1, 0.15) is 51.7 Å². The molecule has 0 spiro atoms. The number of phenolic OH excluding ortho intramolecular Hbond substituents is 2. The van der Waals surface area contributed by atoms with Crippen molar-refractivity contribution in [3.05, 3.63) is 73.5 Å². The molecule has 160 valence electrons. The fourth-order valence-electron chi connectivity index (χ4n) is 1.78. The first kappa shape index (κ1) is 36.0. The molecule has 0 radical (unpaired) electrons. The maximum atomic E-state index is 9.32. The molecular formula is C24H36N2O2Zn2-2. The van der Waals surface area contributed by atoms with Crippen molar-refractivity contribution >= 4 is 12.4 Å². The van der Waals surface area contributed by atoms with Crippen LogP contribution < -0.4 is 0 Å². The Morgan fingerprint density at radius 1 is 0.667 bits per heavy atom. The van der Waals surface area contributed by atoms with Crippen LogP contribution in [0.3, 0.4) is 0 Å². The molecule has 0 saturated carbocycles. The zero-order valence-corrected chi connectivity index (χ0v) is 25.2. The van der Waals surface area contributed by atoms with Gasteiger partial charge in [-0.1, -0.05) is 38.1 Å². The van der Waals surface area contributed by atoms with E-state index in [1.54, 1.807) is 50.5 Å². The molecule has 0 aliphatic heterocycles. The molecule has 4 nitrogen and oxygen atoms in total. The number of aromatic hydroxyl groups is 2. The van der Waals surface area contributed by atoms with Crippen molar-refractivity contribution in [2.45, 2.75) is 40.5 Å². The molecule has 0 heterocycles. The summed E-state index contributed by atoms with van der Waals surface area (Å²) in [6.45, 7) is 15.8. The number of benzene rings is 2. The molecule has 30 heavy (non-hydrogen) atoms. The molecule has 0 saturated heterocycles. The monoisotopic (exact) mass is 512 g/mol. The van der Waals surface area contributed by atoms with E-state index in [-0.39, 0.29) is 50.5 Å². The van der Waals surface area contributed by atoms with Crippen LogP contribution in [-0.4, -0.2) is 35.7 Å². The van der Waals surface area contributed by atoms with Crippen LogP contribution in [0.25, 0.3) is 0 Å². The maximum absolute atomic E-state index is 9.32. The zero-order chi connectivity index (χ0) is 21.6. The van der Waals surface area contributed by atoms with Crippen molar-refractivity contribution in [1.82, 2.24) is 0 Å². The van der Waals surface area contributed by atoms with Crippen LogP contribution in [0.4, 0.5) is 0 Å². The molecule has 0 unspecified atom stereocenters. The van der Waals surface area contributed by atoms with E-state index in [0.717, 1.165) is 37.1 Å². The Morgan fingerprint density at radius 3 is 1.23 bits per heavy atom. The number of hydrogen-bond donors (Lipinski definition) is 2. The van der Waals surface area contributed by atoms with Gasteiger partial charge in [-0.2, -0.15) is 13.8 Å². The summed E-state index contributed by atoms with van der Waals surface area (Å²) >= 11 is 0. The second-order valence-corrected chi connectivity index (χ2v) is 5.19. The van der Waals surface area contributed by atoms with Gasteiger partial charge in [0.15, 0.2) is 0 Å². The summed E-state index contributed by atoms with van der Waals surface area (Å²) in [5.41, 5.74) is 1.57. The van der Waals surface area contributed by atoms with Crippen molar-refractivity contribution < 1.29 is 49.2 Å². The van der Waals surface area contributed by atoms with Crippen LogP contribution in [0, 0.1) is 13.8 Å². The minimum absolute atomic E-state index is 0. The Labute approximate surface area is 209 Å². The van der Waals surface area contributed by atoms with E-state index in [4.69, 9.17) is 0 Å². The van der Waals surface area contributed by atoms with Gasteiger partial charge in [0.1, 0.15) is 11.5 Å². The number of hydrogen-bond acceptors (Lipinski definition) is 4. The first-order valence-electron chi connectivity index (χ1n) is 9.66. The molecule has 0 bridgehead atoms. The van der Waals surface area contributed by atoms with Gasteiger partial charge in [-0.05, 0) is 37.1 Å². The number of rotatable bonds is 6. The first-order valence-corrected chi connectivity index (χ1v) is 9.66. The van der Waals surface area contributed by atoms with Crippen molar-refractivity contribution in [2.75, 3.05) is 13.1 Å². The molecule has 0 aliphatic rings. The van der Waals surface area contributed by atoms with Gasteiger partial charge < -0.3 is 24.1 Å². The first-order chi connectivity index (χ1) is 13.7. The third-order valence-electron chi connectivity index (χ3n) is 3.04. The minimum Gasteiger partial charge on any atom is -0.507 e. The Morgan fingerprint density at radius 2 is 0.967 bits per heavy atom. The topological polar surface area (TPSA) is 65.2 Å².